The molecule has 2 unspecified atom stereocenters. The summed E-state index contributed by atoms with van der Waals surface area (Å²) in [6, 6.07) is 0. The second-order valence-corrected chi connectivity index (χ2v) is 8.52. The van der Waals surface area contributed by atoms with E-state index in [9.17, 15) is 15.1 Å². The van der Waals surface area contributed by atoms with E-state index in [1.54, 1.807) is 6.92 Å². The highest BCUT2D eigenvalue weighted by atomic mass is 16.6. The molecule has 7 heteroatoms. The van der Waals surface area contributed by atoms with Crippen molar-refractivity contribution < 1.29 is 30.1 Å². The highest BCUT2D eigenvalue weighted by molar-refractivity contribution is 5.73. The van der Waals surface area contributed by atoms with Crippen LogP contribution in [0.3, 0.4) is 0 Å². The molecule has 28 heavy (non-hydrogen) atoms. The maximum atomic E-state index is 10.5. The van der Waals surface area contributed by atoms with Crippen LogP contribution < -0.4 is 0 Å². The summed E-state index contributed by atoms with van der Waals surface area (Å²) in [6.07, 6.45) is 1.81. The lowest BCUT2D eigenvalue weighted by molar-refractivity contribution is -0.257. The summed E-state index contributed by atoms with van der Waals surface area (Å²) in [7, 11) is 0. The number of aliphatic hydroxyl groups excluding tert-OH is 3. The van der Waals surface area contributed by atoms with Crippen LogP contribution in [0.1, 0.15) is 94.9 Å². The topological polar surface area (TPSA) is 110 Å². The highest BCUT2D eigenvalue weighted by Crippen LogP contribution is 2.36. The van der Waals surface area contributed by atoms with E-state index in [4.69, 9.17) is 10.2 Å². The summed E-state index contributed by atoms with van der Waals surface area (Å²) < 4.78 is 4.52. The zero-order valence-corrected chi connectivity index (χ0v) is 19.8. The minimum atomic E-state index is -1.12. The predicted octanol–water partition coefficient (Wildman–Crippen LogP) is 3.51. The van der Waals surface area contributed by atoms with Gasteiger partial charge in [-0.3, -0.25) is 0 Å². The lowest BCUT2D eigenvalue weighted by Crippen LogP contribution is -2.60. The molecule has 1 fully saturated rings. The number of ether oxygens (including phenoxy) is 1. The Labute approximate surface area is 172 Å². The number of carbonyl (C=O) groups is 1. The summed E-state index contributed by atoms with van der Waals surface area (Å²) in [4.78, 5) is 10.5. The molecule has 7 nitrogen and oxygen atoms in total. The van der Waals surface area contributed by atoms with Crippen LogP contribution in [0, 0.1) is 0 Å². The number of rotatable bonds is 3. The lowest BCUT2D eigenvalue weighted by atomic mass is 9.80. The van der Waals surface area contributed by atoms with Crippen molar-refractivity contribution in [3.05, 3.63) is 0 Å². The summed E-state index contributed by atoms with van der Waals surface area (Å²) in [5, 5.41) is 37.7. The first-order valence-corrected chi connectivity index (χ1v) is 10.3. The van der Waals surface area contributed by atoms with Gasteiger partial charge >= 0.3 is 5.97 Å². The van der Waals surface area contributed by atoms with Crippen molar-refractivity contribution in [2.75, 3.05) is 6.61 Å². The highest BCUT2D eigenvalue weighted by Gasteiger charge is 2.44. The number of piperidine rings is 1. The van der Waals surface area contributed by atoms with Crippen LogP contribution in [0.25, 0.3) is 0 Å². The second kappa shape index (κ2) is 16.1. The van der Waals surface area contributed by atoms with Crippen molar-refractivity contribution in [3.63, 3.8) is 0 Å². The fourth-order valence-corrected chi connectivity index (χ4v) is 2.55. The van der Waals surface area contributed by atoms with E-state index >= 15 is 0 Å². The molecule has 2 atom stereocenters. The Morgan fingerprint density at radius 3 is 1.61 bits per heavy atom. The Hall–Kier alpha value is -0.730. The fraction of sp³-hybridized carbons (Fsp3) is 0.952. The molecule has 0 spiro atoms. The van der Waals surface area contributed by atoms with Gasteiger partial charge in [-0.25, -0.2) is 4.79 Å². The number of nitrogens with zero attached hydrogens (tertiary/aromatic N) is 1. The van der Waals surface area contributed by atoms with Gasteiger partial charge in [0.05, 0.1) is 12.7 Å². The van der Waals surface area contributed by atoms with Crippen LogP contribution in [0.15, 0.2) is 0 Å². The standard InChI is InChI=1S/C9H19NO2.C6H12O4.2C3H8/c1-8(2)5-7(11)6-9(3,4)10(8)12;1-4(3-7)10-6(9)5(2)8;2*1-3-2/h7,11-12H,5-6H2,1-4H3;4-5,7-8H,3H2,1-2H3;2*3H2,1-2H3. The largest absolute Gasteiger partial charge is 0.458 e. The van der Waals surface area contributed by atoms with Crippen molar-refractivity contribution in [3.8, 4) is 0 Å². The Kier molecular flexibility index (Phi) is 18.4. The molecule has 1 saturated heterocycles. The van der Waals surface area contributed by atoms with Gasteiger partial charge in [0.15, 0.2) is 0 Å². The zero-order chi connectivity index (χ0) is 23.1. The minimum Gasteiger partial charge on any atom is -0.458 e. The number of aliphatic hydroxyl groups is 3. The normalized spacial score (nSPS) is 20.1. The Morgan fingerprint density at radius 2 is 1.36 bits per heavy atom. The summed E-state index contributed by atoms with van der Waals surface area (Å²) in [5.41, 5.74) is -0.637. The second-order valence-electron chi connectivity index (χ2n) is 8.52. The van der Waals surface area contributed by atoms with E-state index in [0.717, 1.165) is 0 Å². The van der Waals surface area contributed by atoms with Gasteiger partial charge in [0.25, 0.3) is 0 Å². The first-order valence-electron chi connectivity index (χ1n) is 10.3. The average molecular weight is 410 g/mol. The van der Waals surface area contributed by atoms with Crippen molar-refractivity contribution in [2.24, 2.45) is 0 Å². The first kappa shape index (κ1) is 31.9. The summed E-state index contributed by atoms with van der Waals surface area (Å²) in [6.45, 7) is 18.9. The van der Waals surface area contributed by atoms with Crippen molar-refractivity contribution >= 4 is 5.97 Å². The molecule has 1 aliphatic heterocycles. The van der Waals surface area contributed by atoms with E-state index in [1.165, 1.54) is 24.8 Å². The number of esters is 1. The number of hydrogen-bond donors (Lipinski definition) is 4. The summed E-state index contributed by atoms with van der Waals surface area (Å²) >= 11 is 0. The van der Waals surface area contributed by atoms with Crippen LogP contribution in [0.5, 0.6) is 0 Å². The maximum absolute atomic E-state index is 10.5. The third-order valence-corrected chi connectivity index (χ3v) is 3.53. The Bertz CT molecular complexity index is 365. The maximum Gasteiger partial charge on any atom is 0.335 e. The predicted molar refractivity (Wildman–Crippen MR) is 113 cm³/mol. The molecule has 0 amide bonds. The molecule has 0 aromatic heterocycles. The third-order valence-electron chi connectivity index (χ3n) is 3.53. The SMILES string of the molecule is CC(CO)OC(=O)C(C)O.CC1(C)CC(O)CC(C)(C)N1O.CCC.CCC. The quantitative estimate of drug-likeness (QED) is 0.528. The van der Waals surface area contributed by atoms with Gasteiger partial charge < -0.3 is 25.3 Å². The average Bonchev–Trinajstić information content (AvgIpc) is 2.53. The van der Waals surface area contributed by atoms with Crippen LogP contribution in [0.2, 0.25) is 0 Å². The molecular weight excluding hydrogens is 362 g/mol. The van der Waals surface area contributed by atoms with Gasteiger partial charge in [0, 0.05) is 11.1 Å². The molecule has 0 aromatic carbocycles. The smallest absolute Gasteiger partial charge is 0.335 e. The van der Waals surface area contributed by atoms with Crippen molar-refractivity contribution in [1.82, 2.24) is 5.06 Å². The van der Waals surface area contributed by atoms with E-state index in [-0.39, 0.29) is 23.8 Å². The molecule has 1 heterocycles. The summed E-state index contributed by atoms with van der Waals surface area (Å²) in [5.74, 6) is -0.707. The van der Waals surface area contributed by atoms with Gasteiger partial charge in [-0.1, -0.05) is 40.5 Å². The molecule has 1 aliphatic rings. The molecular formula is C21H47NO6. The molecule has 172 valence electrons. The molecule has 0 radical (unpaired) electrons. The van der Waals surface area contributed by atoms with Gasteiger partial charge in [-0.15, -0.1) is 0 Å². The zero-order valence-electron chi connectivity index (χ0n) is 19.8. The van der Waals surface area contributed by atoms with Crippen LogP contribution in [-0.4, -0.2) is 67.6 Å². The Balaban J connectivity index is -0.000000352. The van der Waals surface area contributed by atoms with Gasteiger partial charge in [0.1, 0.15) is 12.2 Å². The lowest BCUT2D eigenvalue weighted by Gasteiger charge is -2.50. The fourth-order valence-electron chi connectivity index (χ4n) is 2.55. The molecule has 0 saturated carbocycles. The van der Waals surface area contributed by atoms with E-state index in [2.05, 4.69) is 32.4 Å². The molecule has 0 aliphatic carbocycles. The monoisotopic (exact) mass is 409 g/mol. The molecule has 0 aromatic rings. The minimum absolute atomic E-state index is 0.224. The van der Waals surface area contributed by atoms with Crippen LogP contribution in [-0.2, 0) is 9.53 Å². The third kappa shape index (κ3) is 15.2. The van der Waals surface area contributed by atoms with Crippen LogP contribution >= 0.6 is 0 Å². The van der Waals surface area contributed by atoms with E-state index < -0.39 is 18.2 Å². The van der Waals surface area contributed by atoms with Gasteiger partial charge in [0.2, 0.25) is 0 Å². The molecule has 0 bridgehead atoms. The molecule has 1 rings (SSSR count). The van der Waals surface area contributed by atoms with Gasteiger partial charge in [-0.2, -0.15) is 5.06 Å². The van der Waals surface area contributed by atoms with Crippen LogP contribution in [0.4, 0.5) is 0 Å². The van der Waals surface area contributed by atoms with Crippen molar-refractivity contribution in [2.45, 2.75) is 124 Å². The van der Waals surface area contributed by atoms with E-state index in [0.29, 0.717) is 12.8 Å². The van der Waals surface area contributed by atoms with Crippen molar-refractivity contribution in [1.29, 1.82) is 0 Å². The first-order chi connectivity index (χ1) is 12.7. The number of hydrogen-bond acceptors (Lipinski definition) is 7. The van der Waals surface area contributed by atoms with Gasteiger partial charge in [-0.05, 0) is 54.4 Å². The van der Waals surface area contributed by atoms with E-state index in [1.807, 2.05) is 27.7 Å². The number of carbonyl (C=O) groups excluding carboxylic acids is 1. The Morgan fingerprint density at radius 1 is 1.04 bits per heavy atom. The number of hydroxylamine groups is 2. The molecule has 4 N–H and O–H groups in total.